The van der Waals surface area contributed by atoms with Gasteiger partial charge in [-0.1, -0.05) is 63.6 Å². The first-order chi connectivity index (χ1) is 9.77. The highest BCUT2D eigenvalue weighted by Gasteiger charge is 2.03. The Balaban J connectivity index is 2.23. The van der Waals surface area contributed by atoms with E-state index in [0.29, 0.717) is 5.02 Å². The molecule has 0 fully saturated rings. The molecule has 1 rings (SSSR count). The lowest BCUT2D eigenvalue weighted by Gasteiger charge is -2.10. The van der Waals surface area contributed by atoms with Crippen molar-refractivity contribution < 1.29 is 4.74 Å². The predicted molar refractivity (Wildman–Crippen MR) is 87.7 cm³/mol. The van der Waals surface area contributed by atoms with Gasteiger partial charge in [-0.15, -0.1) is 0 Å². The van der Waals surface area contributed by atoms with Gasteiger partial charge in [0.25, 0.3) is 0 Å². The minimum absolute atomic E-state index is 0.714. The third-order valence-electron chi connectivity index (χ3n) is 3.33. The monoisotopic (exact) mass is 297 g/mol. The minimum Gasteiger partial charge on any atom is -0.492 e. The molecular weight excluding hydrogens is 270 g/mol. The predicted octanol–water partition coefficient (Wildman–Crippen LogP) is 5.19. The van der Waals surface area contributed by atoms with E-state index in [1.165, 1.54) is 37.7 Å². The Morgan fingerprint density at radius 3 is 2.50 bits per heavy atom. The third kappa shape index (κ3) is 7.16. The van der Waals surface area contributed by atoms with Crippen LogP contribution in [-0.4, -0.2) is 13.2 Å². The summed E-state index contributed by atoms with van der Waals surface area (Å²) in [6, 6.07) is 6.04. The maximum Gasteiger partial charge on any atom is 0.137 e. The molecule has 0 heterocycles. The van der Waals surface area contributed by atoms with Gasteiger partial charge in [-0.3, -0.25) is 0 Å². The Morgan fingerprint density at radius 1 is 1.05 bits per heavy atom. The van der Waals surface area contributed by atoms with Gasteiger partial charge in [0, 0.05) is 6.54 Å². The van der Waals surface area contributed by atoms with E-state index in [2.05, 4.69) is 25.2 Å². The fourth-order valence-corrected chi connectivity index (χ4v) is 2.36. The van der Waals surface area contributed by atoms with E-state index < -0.39 is 0 Å². The number of halogens is 1. The normalized spacial score (nSPS) is 10.8. The van der Waals surface area contributed by atoms with E-state index in [0.717, 1.165) is 31.9 Å². The van der Waals surface area contributed by atoms with Crippen molar-refractivity contribution in [2.75, 3.05) is 13.2 Å². The second-order valence-electron chi connectivity index (χ2n) is 5.16. The minimum atomic E-state index is 0.714. The van der Waals surface area contributed by atoms with E-state index in [1.54, 1.807) is 0 Å². The van der Waals surface area contributed by atoms with Crippen molar-refractivity contribution in [1.82, 2.24) is 5.32 Å². The molecule has 0 bridgehead atoms. The lowest BCUT2D eigenvalue weighted by atomic mass is 10.1. The molecule has 0 aromatic heterocycles. The molecule has 114 valence electrons. The average Bonchev–Trinajstić information content (AvgIpc) is 2.46. The molecule has 0 saturated heterocycles. The van der Waals surface area contributed by atoms with Gasteiger partial charge in [-0.25, -0.2) is 0 Å². The van der Waals surface area contributed by atoms with Crippen LogP contribution in [-0.2, 0) is 6.54 Å². The summed E-state index contributed by atoms with van der Waals surface area (Å²) in [4.78, 5) is 0. The number of rotatable bonds is 11. The van der Waals surface area contributed by atoms with Gasteiger partial charge < -0.3 is 10.1 Å². The molecule has 3 heteroatoms. The van der Waals surface area contributed by atoms with Gasteiger partial charge in [-0.05, 0) is 30.7 Å². The smallest absolute Gasteiger partial charge is 0.137 e. The summed E-state index contributed by atoms with van der Waals surface area (Å²) in [5, 5.41) is 4.00. The molecule has 1 aromatic carbocycles. The number of unbranched alkanes of at least 4 members (excludes halogenated alkanes) is 5. The molecule has 0 aliphatic carbocycles. The van der Waals surface area contributed by atoms with Crippen LogP contribution in [0.15, 0.2) is 18.2 Å². The average molecular weight is 298 g/mol. The van der Waals surface area contributed by atoms with Crippen molar-refractivity contribution in [1.29, 1.82) is 0 Å². The van der Waals surface area contributed by atoms with Crippen LogP contribution in [0.3, 0.4) is 0 Å². The number of hydrogen-bond donors (Lipinski definition) is 1. The van der Waals surface area contributed by atoms with Crippen LogP contribution in [0.5, 0.6) is 5.75 Å². The van der Waals surface area contributed by atoms with Crippen LogP contribution in [0.2, 0.25) is 5.02 Å². The van der Waals surface area contributed by atoms with Crippen molar-refractivity contribution in [2.24, 2.45) is 0 Å². The summed E-state index contributed by atoms with van der Waals surface area (Å²) >= 11 is 6.24. The Hall–Kier alpha value is -0.730. The van der Waals surface area contributed by atoms with Crippen LogP contribution in [0.25, 0.3) is 0 Å². The van der Waals surface area contributed by atoms with Crippen LogP contribution in [0, 0.1) is 0 Å². The fraction of sp³-hybridized carbons (Fsp3) is 0.647. The van der Waals surface area contributed by atoms with Crippen LogP contribution < -0.4 is 10.1 Å². The molecule has 0 aliphatic heterocycles. The molecule has 0 radical (unpaired) electrons. The van der Waals surface area contributed by atoms with Gasteiger partial charge in [0.15, 0.2) is 0 Å². The van der Waals surface area contributed by atoms with Crippen molar-refractivity contribution in [3.05, 3.63) is 28.8 Å². The lowest BCUT2D eigenvalue weighted by molar-refractivity contribution is 0.304. The van der Waals surface area contributed by atoms with Crippen molar-refractivity contribution in [3.63, 3.8) is 0 Å². The topological polar surface area (TPSA) is 21.3 Å². The van der Waals surface area contributed by atoms with E-state index in [-0.39, 0.29) is 0 Å². The zero-order valence-corrected chi connectivity index (χ0v) is 13.6. The summed E-state index contributed by atoms with van der Waals surface area (Å²) in [6.45, 7) is 6.92. The maximum atomic E-state index is 6.24. The quantitative estimate of drug-likeness (QED) is 0.568. The molecule has 0 atom stereocenters. The molecule has 0 spiro atoms. The van der Waals surface area contributed by atoms with Crippen molar-refractivity contribution >= 4 is 11.6 Å². The Labute approximate surface area is 128 Å². The second kappa shape index (κ2) is 11.0. The van der Waals surface area contributed by atoms with E-state index in [4.69, 9.17) is 16.3 Å². The molecule has 0 saturated carbocycles. The molecule has 20 heavy (non-hydrogen) atoms. The SMILES string of the molecule is CCCCCCCCOc1ccc(CNCC)cc1Cl. The number of hydrogen-bond acceptors (Lipinski definition) is 2. The third-order valence-corrected chi connectivity index (χ3v) is 3.63. The largest absolute Gasteiger partial charge is 0.492 e. The number of nitrogens with one attached hydrogen (secondary N) is 1. The molecule has 0 amide bonds. The molecular formula is C17H28ClNO. The Kier molecular flexibility index (Phi) is 9.52. The Morgan fingerprint density at radius 2 is 1.80 bits per heavy atom. The van der Waals surface area contributed by atoms with Gasteiger partial charge in [-0.2, -0.15) is 0 Å². The van der Waals surface area contributed by atoms with E-state index in [1.807, 2.05) is 12.1 Å². The Bertz CT molecular complexity index is 368. The van der Waals surface area contributed by atoms with Crippen molar-refractivity contribution in [3.8, 4) is 5.75 Å². The number of benzene rings is 1. The fourth-order valence-electron chi connectivity index (χ4n) is 2.11. The first kappa shape index (κ1) is 17.3. The molecule has 0 aliphatic rings. The van der Waals surface area contributed by atoms with Crippen LogP contribution in [0.4, 0.5) is 0 Å². The second-order valence-corrected chi connectivity index (χ2v) is 5.57. The van der Waals surface area contributed by atoms with Gasteiger partial charge in [0.05, 0.1) is 11.6 Å². The molecule has 0 unspecified atom stereocenters. The molecule has 2 nitrogen and oxygen atoms in total. The zero-order chi connectivity index (χ0) is 14.6. The summed E-state index contributed by atoms with van der Waals surface area (Å²) < 4.78 is 5.75. The van der Waals surface area contributed by atoms with E-state index >= 15 is 0 Å². The number of ether oxygens (including phenoxy) is 1. The van der Waals surface area contributed by atoms with Crippen molar-refractivity contribution in [2.45, 2.75) is 58.9 Å². The summed E-state index contributed by atoms with van der Waals surface area (Å²) in [5.41, 5.74) is 1.20. The van der Waals surface area contributed by atoms with E-state index in [9.17, 15) is 0 Å². The first-order valence-electron chi connectivity index (χ1n) is 7.89. The molecule has 1 aromatic rings. The summed E-state index contributed by atoms with van der Waals surface area (Å²) in [5.74, 6) is 0.806. The van der Waals surface area contributed by atoms with Crippen LogP contribution >= 0.6 is 11.6 Å². The lowest BCUT2D eigenvalue weighted by Crippen LogP contribution is -2.11. The highest BCUT2D eigenvalue weighted by molar-refractivity contribution is 6.32. The highest BCUT2D eigenvalue weighted by Crippen LogP contribution is 2.25. The summed E-state index contributed by atoms with van der Waals surface area (Å²) in [7, 11) is 0. The zero-order valence-electron chi connectivity index (χ0n) is 12.9. The molecule has 1 N–H and O–H groups in total. The standard InChI is InChI=1S/C17H28ClNO/c1-3-5-6-7-8-9-12-20-17-11-10-15(13-16(17)18)14-19-4-2/h10-11,13,19H,3-9,12,14H2,1-2H3. The highest BCUT2D eigenvalue weighted by atomic mass is 35.5. The maximum absolute atomic E-state index is 6.24. The van der Waals surface area contributed by atoms with Gasteiger partial charge in [0.1, 0.15) is 5.75 Å². The van der Waals surface area contributed by atoms with Crippen LogP contribution in [0.1, 0.15) is 57.9 Å². The first-order valence-corrected chi connectivity index (χ1v) is 8.27. The van der Waals surface area contributed by atoms with Gasteiger partial charge in [0.2, 0.25) is 0 Å². The summed E-state index contributed by atoms with van der Waals surface area (Å²) in [6.07, 6.45) is 7.66. The van der Waals surface area contributed by atoms with Gasteiger partial charge >= 0.3 is 0 Å².